The molecule has 1 fully saturated rings. The summed E-state index contributed by atoms with van der Waals surface area (Å²) in [6.07, 6.45) is 8.28. The van der Waals surface area contributed by atoms with Gasteiger partial charge in [-0.3, -0.25) is 4.90 Å². The Morgan fingerprint density at radius 1 is 1.05 bits per heavy atom. The Labute approximate surface area is 230 Å². The van der Waals surface area contributed by atoms with Gasteiger partial charge in [0.2, 0.25) is 0 Å². The minimum Gasteiger partial charge on any atom is -0.444 e. The summed E-state index contributed by atoms with van der Waals surface area (Å²) in [4.78, 5) is 15.1. The van der Waals surface area contributed by atoms with E-state index in [0.29, 0.717) is 6.61 Å². The van der Waals surface area contributed by atoms with Crippen LogP contribution in [0.15, 0.2) is 54.6 Å². The van der Waals surface area contributed by atoms with E-state index in [1.807, 2.05) is 44.2 Å². The highest BCUT2D eigenvalue weighted by Gasteiger charge is 2.48. The second-order valence-electron chi connectivity index (χ2n) is 11.0. The quantitative estimate of drug-likeness (QED) is 0.232. The van der Waals surface area contributed by atoms with E-state index in [4.69, 9.17) is 9.47 Å². The van der Waals surface area contributed by atoms with E-state index in [1.165, 1.54) is 38.5 Å². The van der Waals surface area contributed by atoms with Crippen molar-refractivity contribution < 1.29 is 14.3 Å². The highest BCUT2D eigenvalue weighted by Crippen LogP contribution is 2.35. The second kappa shape index (κ2) is 15.0. The molecule has 0 radical (unpaired) electrons. The zero-order valence-corrected chi connectivity index (χ0v) is 24.0. The number of carbonyl (C=O) groups is 1. The highest BCUT2D eigenvalue weighted by atomic mass is 16.6. The van der Waals surface area contributed by atoms with Crippen LogP contribution in [0.3, 0.4) is 0 Å². The maximum absolute atomic E-state index is 13.3. The van der Waals surface area contributed by atoms with Gasteiger partial charge < -0.3 is 14.8 Å². The molecule has 0 saturated carbocycles. The molecule has 2 aromatic carbocycles. The van der Waals surface area contributed by atoms with Crippen LogP contribution in [-0.2, 0) is 16.1 Å². The zero-order valence-electron chi connectivity index (χ0n) is 24.0. The number of nitrogens with one attached hydrogen (secondary N) is 1. The molecule has 206 valence electrons. The fourth-order valence-electron chi connectivity index (χ4n) is 4.94. The van der Waals surface area contributed by atoms with E-state index < -0.39 is 5.72 Å². The van der Waals surface area contributed by atoms with Crippen molar-refractivity contribution in [3.63, 3.8) is 0 Å². The standard InChI is InChI=1S/C33H46N2O3/c1-6-7-8-9-10-11-12-14-17-27-20-22-29(23-21-27)31(34-26(2)3)30-25-38-33(4,5)35(30)32(36)37-24-28-18-15-13-16-19-28/h13,15-16,18-23,26,30-31,34H,6-12,24-25H2,1-5H3/t30-,31+/m1/s1. The first-order chi connectivity index (χ1) is 18.3. The molecule has 1 amide bonds. The van der Waals surface area contributed by atoms with Gasteiger partial charge in [0, 0.05) is 18.0 Å². The van der Waals surface area contributed by atoms with E-state index in [-0.39, 0.29) is 30.8 Å². The maximum atomic E-state index is 13.3. The third-order valence-corrected chi connectivity index (χ3v) is 6.98. The average molecular weight is 519 g/mol. The number of rotatable bonds is 12. The Bertz CT molecular complexity index is 1040. The van der Waals surface area contributed by atoms with Crippen LogP contribution >= 0.6 is 0 Å². The molecule has 5 nitrogen and oxygen atoms in total. The van der Waals surface area contributed by atoms with Gasteiger partial charge in [-0.2, -0.15) is 0 Å². The SMILES string of the molecule is CCCCCCCCC#Cc1ccc([C@H](NC(C)C)[C@H]2COC(C)(C)N2C(=O)OCc2ccccc2)cc1. The lowest BCUT2D eigenvalue weighted by Crippen LogP contribution is -2.52. The lowest BCUT2D eigenvalue weighted by Gasteiger charge is -2.37. The first kappa shape index (κ1) is 29.7. The summed E-state index contributed by atoms with van der Waals surface area (Å²) in [5, 5.41) is 3.67. The molecular formula is C33H46N2O3. The van der Waals surface area contributed by atoms with Crippen LogP contribution in [0.5, 0.6) is 0 Å². The fourth-order valence-corrected chi connectivity index (χ4v) is 4.94. The lowest BCUT2D eigenvalue weighted by atomic mass is 9.96. The molecule has 2 atom stereocenters. The average Bonchev–Trinajstić information content (AvgIpc) is 3.23. The number of hydrogen-bond donors (Lipinski definition) is 1. The van der Waals surface area contributed by atoms with Gasteiger partial charge in [0.05, 0.1) is 18.7 Å². The molecule has 1 heterocycles. The predicted octanol–water partition coefficient (Wildman–Crippen LogP) is 7.60. The van der Waals surface area contributed by atoms with Crippen molar-refractivity contribution in [1.29, 1.82) is 0 Å². The number of carbonyl (C=O) groups excluding carboxylic acids is 1. The topological polar surface area (TPSA) is 50.8 Å². The molecule has 3 rings (SSSR count). The smallest absolute Gasteiger partial charge is 0.412 e. The van der Waals surface area contributed by atoms with Gasteiger partial charge in [-0.25, -0.2) is 4.79 Å². The number of ether oxygens (including phenoxy) is 2. The predicted molar refractivity (Wildman–Crippen MR) is 155 cm³/mol. The molecular weight excluding hydrogens is 472 g/mol. The van der Waals surface area contributed by atoms with Gasteiger partial charge in [-0.1, -0.05) is 107 Å². The molecule has 5 heteroatoms. The van der Waals surface area contributed by atoms with Crippen molar-refractivity contribution in [2.24, 2.45) is 0 Å². The minimum atomic E-state index is -0.767. The lowest BCUT2D eigenvalue weighted by molar-refractivity contribution is -0.0504. The Hall–Kier alpha value is -2.81. The zero-order chi connectivity index (χ0) is 27.4. The Morgan fingerprint density at radius 3 is 2.42 bits per heavy atom. The molecule has 0 aromatic heterocycles. The molecule has 2 aromatic rings. The summed E-state index contributed by atoms with van der Waals surface area (Å²) in [5.74, 6) is 6.65. The summed E-state index contributed by atoms with van der Waals surface area (Å²) in [7, 11) is 0. The molecule has 0 unspecified atom stereocenters. The van der Waals surface area contributed by atoms with Crippen molar-refractivity contribution in [1.82, 2.24) is 10.2 Å². The Morgan fingerprint density at radius 2 is 1.74 bits per heavy atom. The summed E-state index contributed by atoms with van der Waals surface area (Å²) in [6.45, 7) is 11.0. The largest absolute Gasteiger partial charge is 0.444 e. The van der Waals surface area contributed by atoms with Gasteiger partial charge in [-0.15, -0.1) is 0 Å². The molecule has 1 aliphatic heterocycles. The van der Waals surface area contributed by atoms with Crippen LogP contribution < -0.4 is 5.32 Å². The summed E-state index contributed by atoms with van der Waals surface area (Å²) in [6, 6.07) is 18.1. The first-order valence-electron chi connectivity index (χ1n) is 14.3. The van der Waals surface area contributed by atoms with Gasteiger partial charge >= 0.3 is 6.09 Å². The van der Waals surface area contributed by atoms with Crippen LogP contribution in [0.4, 0.5) is 4.79 Å². The number of hydrogen-bond acceptors (Lipinski definition) is 4. The molecule has 0 spiro atoms. The van der Waals surface area contributed by atoms with E-state index >= 15 is 0 Å². The number of amides is 1. The molecule has 1 N–H and O–H groups in total. The number of unbranched alkanes of at least 4 members (excludes halogenated alkanes) is 6. The van der Waals surface area contributed by atoms with Crippen LogP contribution in [0.2, 0.25) is 0 Å². The Kier molecular flexibility index (Phi) is 11.7. The summed E-state index contributed by atoms with van der Waals surface area (Å²) >= 11 is 0. The first-order valence-corrected chi connectivity index (χ1v) is 14.3. The van der Waals surface area contributed by atoms with Crippen molar-refractivity contribution in [2.75, 3.05) is 6.61 Å². The van der Waals surface area contributed by atoms with E-state index in [9.17, 15) is 4.79 Å². The van der Waals surface area contributed by atoms with Gasteiger partial charge in [0.1, 0.15) is 12.3 Å². The highest BCUT2D eigenvalue weighted by molar-refractivity contribution is 5.69. The summed E-state index contributed by atoms with van der Waals surface area (Å²) < 4.78 is 11.9. The molecule has 1 aliphatic rings. The molecule has 1 saturated heterocycles. The third-order valence-electron chi connectivity index (χ3n) is 6.98. The minimum absolute atomic E-state index is 0.105. The van der Waals surface area contributed by atoms with Gasteiger partial charge in [0.15, 0.2) is 0 Å². The fraction of sp³-hybridized carbons (Fsp3) is 0.545. The normalized spacial score (nSPS) is 17.2. The van der Waals surface area contributed by atoms with Gasteiger partial charge in [0.25, 0.3) is 0 Å². The molecule has 0 bridgehead atoms. The van der Waals surface area contributed by atoms with Crippen LogP contribution in [0.25, 0.3) is 0 Å². The maximum Gasteiger partial charge on any atom is 0.412 e. The van der Waals surface area contributed by atoms with E-state index in [0.717, 1.165) is 23.1 Å². The van der Waals surface area contributed by atoms with Crippen molar-refractivity contribution in [3.8, 4) is 11.8 Å². The van der Waals surface area contributed by atoms with E-state index in [2.05, 4.69) is 62.2 Å². The third kappa shape index (κ3) is 8.89. The van der Waals surface area contributed by atoms with Crippen LogP contribution in [0.1, 0.15) is 102 Å². The van der Waals surface area contributed by atoms with Crippen LogP contribution in [-0.4, -0.2) is 35.4 Å². The number of nitrogens with zero attached hydrogens (tertiary/aromatic N) is 1. The van der Waals surface area contributed by atoms with Gasteiger partial charge in [-0.05, 0) is 43.5 Å². The van der Waals surface area contributed by atoms with Crippen molar-refractivity contribution in [2.45, 2.75) is 110 Å². The number of benzene rings is 2. The van der Waals surface area contributed by atoms with Crippen molar-refractivity contribution >= 4 is 6.09 Å². The Balaban J connectivity index is 1.68. The monoisotopic (exact) mass is 518 g/mol. The molecule has 0 aliphatic carbocycles. The van der Waals surface area contributed by atoms with Crippen LogP contribution in [0, 0.1) is 11.8 Å². The second-order valence-corrected chi connectivity index (χ2v) is 11.0. The van der Waals surface area contributed by atoms with E-state index in [1.54, 1.807) is 4.90 Å². The summed E-state index contributed by atoms with van der Waals surface area (Å²) in [5.41, 5.74) is 2.31. The van der Waals surface area contributed by atoms with Crippen molar-refractivity contribution in [3.05, 3.63) is 71.3 Å². The molecule has 38 heavy (non-hydrogen) atoms.